The second-order valence-electron chi connectivity index (χ2n) is 9.22. The Kier molecular flexibility index (Phi) is 5.06. The first kappa shape index (κ1) is 22.0. The highest BCUT2D eigenvalue weighted by Crippen LogP contribution is 2.36. The molecule has 9 nitrogen and oxygen atoms in total. The Labute approximate surface area is 207 Å². The molecule has 1 fully saturated rings. The average Bonchev–Trinajstić information content (AvgIpc) is 3.54. The van der Waals surface area contributed by atoms with Crippen molar-refractivity contribution in [2.24, 2.45) is 7.05 Å². The van der Waals surface area contributed by atoms with Crippen LogP contribution in [0.25, 0.3) is 28.2 Å². The normalized spacial score (nSPS) is 17.4. The van der Waals surface area contributed by atoms with E-state index >= 15 is 0 Å². The summed E-state index contributed by atoms with van der Waals surface area (Å²) in [6.07, 6.45) is 4.20. The number of imide groups is 1. The van der Waals surface area contributed by atoms with Gasteiger partial charge in [-0.15, -0.1) is 0 Å². The molecule has 0 unspecified atom stereocenters. The van der Waals surface area contributed by atoms with Gasteiger partial charge < -0.3 is 9.47 Å². The number of nitrogens with zero attached hydrogens (tertiary/aromatic N) is 5. The lowest BCUT2D eigenvalue weighted by Gasteiger charge is -2.29. The van der Waals surface area contributed by atoms with Crippen LogP contribution in [0.1, 0.15) is 34.5 Å². The van der Waals surface area contributed by atoms with Crippen LogP contribution in [-0.2, 0) is 23.2 Å². The molecule has 0 saturated carbocycles. The SMILES string of the molecule is Cc1c(-c2c(-c3ccc4c(c3)CN([C@H]3CCC(=O)NC3=O)C4=O)ncn2C)cnn1-c1ccccc1. The van der Waals surface area contributed by atoms with Crippen molar-refractivity contribution in [2.75, 3.05) is 0 Å². The summed E-state index contributed by atoms with van der Waals surface area (Å²) in [6.45, 7) is 2.35. The molecule has 0 radical (unpaired) electrons. The van der Waals surface area contributed by atoms with E-state index in [1.165, 1.54) is 0 Å². The molecule has 2 aliphatic heterocycles. The van der Waals surface area contributed by atoms with E-state index in [1.54, 1.807) is 17.3 Å². The summed E-state index contributed by atoms with van der Waals surface area (Å²) in [5, 5.41) is 6.97. The first-order valence-corrected chi connectivity index (χ1v) is 11.8. The van der Waals surface area contributed by atoms with Crippen LogP contribution in [0.3, 0.4) is 0 Å². The van der Waals surface area contributed by atoms with Crippen LogP contribution in [0.4, 0.5) is 0 Å². The lowest BCUT2D eigenvalue weighted by Crippen LogP contribution is -2.52. The Morgan fingerprint density at radius 2 is 1.83 bits per heavy atom. The molecule has 1 N–H and O–H groups in total. The minimum atomic E-state index is -0.636. The van der Waals surface area contributed by atoms with Crippen LogP contribution in [0.5, 0.6) is 0 Å². The summed E-state index contributed by atoms with van der Waals surface area (Å²) >= 11 is 0. The van der Waals surface area contributed by atoms with Gasteiger partial charge in [0.25, 0.3) is 5.91 Å². The average molecular weight is 481 g/mol. The number of hydrogen-bond donors (Lipinski definition) is 1. The Balaban J connectivity index is 1.35. The zero-order valence-electron chi connectivity index (χ0n) is 19.9. The van der Waals surface area contributed by atoms with Gasteiger partial charge in [-0.1, -0.05) is 24.3 Å². The van der Waals surface area contributed by atoms with Crippen LogP contribution in [0.2, 0.25) is 0 Å². The van der Waals surface area contributed by atoms with Crippen LogP contribution in [0.15, 0.2) is 61.1 Å². The number of para-hydroxylation sites is 1. The first-order chi connectivity index (χ1) is 17.4. The van der Waals surface area contributed by atoms with Gasteiger partial charge in [0.05, 0.1) is 35.3 Å². The molecule has 1 atom stereocenters. The van der Waals surface area contributed by atoms with Crippen molar-refractivity contribution >= 4 is 17.7 Å². The van der Waals surface area contributed by atoms with E-state index in [9.17, 15) is 14.4 Å². The van der Waals surface area contributed by atoms with Crippen LogP contribution in [0, 0.1) is 6.92 Å². The maximum Gasteiger partial charge on any atom is 0.255 e. The van der Waals surface area contributed by atoms with Crippen LogP contribution in [-0.4, -0.2) is 48.0 Å². The van der Waals surface area contributed by atoms with Crippen molar-refractivity contribution in [3.8, 4) is 28.2 Å². The summed E-state index contributed by atoms with van der Waals surface area (Å²) < 4.78 is 3.88. The van der Waals surface area contributed by atoms with Gasteiger partial charge in [-0.2, -0.15) is 5.10 Å². The quantitative estimate of drug-likeness (QED) is 0.453. The Bertz CT molecular complexity index is 1530. The standard InChI is InChI=1S/C27H24N6O3/c1-16-21(13-29-33(16)19-6-4-3-5-7-19)25-24(28-15-31(25)2)17-8-9-20-18(12-17)14-32(27(20)36)22-10-11-23(34)30-26(22)35/h3-9,12-13,15,22H,10-11,14H2,1-2H3,(H,30,34,35)/t22-/m0/s1. The molecule has 2 aromatic carbocycles. The van der Waals surface area contributed by atoms with Crippen molar-refractivity contribution < 1.29 is 14.4 Å². The van der Waals surface area contributed by atoms with Gasteiger partial charge in [-0.05, 0) is 43.2 Å². The third-order valence-electron chi connectivity index (χ3n) is 7.00. The van der Waals surface area contributed by atoms with Gasteiger partial charge >= 0.3 is 0 Å². The van der Waals surface area contributed by atoms with Gasteiger partial charge in [0.1, 0.15) is 6.04 Å². The van der Waals surface area contributed by atoms with Crippen molar-refractivity contribution in [1.82, 2.24) is 29.5 Å². The summed E-state index contributed by atoms with van der Waals surface area (Å²) in [7, 11) is 1.95. The van der Waals surface area contributed by atoms with E-state index in [4.69, 9.17) is 0 Å². The predicted molar refractivity (Wildman–Crippen MR) is 132 cm³/mol. The number of aromatic nitrogens is 4. The molecule has 4 heterocycles. The number of imidazole rings is 1. The Hall–Kier alpha value is -4.53. The molecule has 3 amide bonds. The number of fused-ring (bicyclic) bond motifs is 1. The van der Waals surface area contributed by atoms with Crippen molar-refractivity contribution in [1.29, 1.82) is 0 Å². The second-order valence-corrected chi connectivity index (χ2v) is 9.22. The number of hydrogen-bond acceptors (Lipinski definition) is 5. The summed E-state index contributed by atoms with van der Waals surface area (Å²) in [6, 6.07) is 15.0. The molecule has 6 rings (SSSR count). The van der Waals surface area contributed by atoms with Crippen molar-refractivity contribution in [3.63, 3.8) is 0 Å². The minimum absolute atomic E-state index is 0.188. The largest absolute Gasteiger partial charge is 0.333 e. The van der Waals surface area contributed by atoms with Crippen LogP contribution < -0.4 is 5.32 Å². The number of amides is 3. The van der Waals surface area contributed by atoms with E-state index in [-0.39, 0.29) is 18.2 Å². The molecular formula is C27H24N6O3. The van der Waals surface area contributed by atoms with E-state index in [0.717, 1.165) is 39.5 Å². The van der Waals surface area contributed by atoms with Crippen molar-refractivity contribution in [2.45, 2.75) is 32.4 Å². The zero-order chi connectivity index (χ0) is 25.0. The number of benzene rings is 2. The van der Waals surface area contributed by atoms with Crippen LogP contribution >= 0.6 is 0 Å². The molecule has 0 spiro atoms. The van der Waals surface area contributed by atoms with Gasteiger partial charge in [0.2, 0.25) is 11.8 Å². The number of nitrogens with one attached hydrogen (secondary N) is 1. The van der Waals surface area contributed by atoms with E-state index in [0.29, 0.717) is 18.5 Å². The summed E-state index contributed by atoms with van der Waals surface area (Å²) in [4.78, 5) is 43.2. The highest BCUT2D eigenvalue weighted by molar-refractivity contribution is 6.05. The molecule has 0 bridgehead atoms. The topological polar surface area (TPSA) is 102 Å². The molecule has 36 heavy (non-hydrogen) atoms. The molecule has 2 aliphatic rings. The monoisotopic (exact) mass is 480 g/mol. The summed E-state index contributed by atoms with van der Waals surface area (Å²) in [5.74, 6) is -0.894. The highest BCUT2D eigenvalue weighted by Gasteiger charge is 2.39. The number of carbonyl (C=O) groups excluding carboxylic acids is 3. The third-order valence-corrected chi connectivity index (χ3v) is 7.00. The predicted octanol–water partition coefficient (Wildman–Crippen LogP) is 3.01. The zero-order valence-corrected chi connectivity index (χ0v) is 19.9. The number of carbonyl (C=O) groups is 3. The number of piperidine rings is 1. The fraction of sp³-hybridized carbons (Fsp3) is 0.222. The smallest absolute Gasteiger partial charge is 0.255 e. The maximum absolute atomic E-state index is 13.1. The molecule has 1 saturated heterocycles. The Morgan fingerprint density at radius 1 is 1.03 bits per heavy atom. The molecule has 2 aromatic heterocycles. The number of rotatable bonds is 4. The van der Waals surface area contributed by atoms with Gasteiger partial charge in [-0.3, -0.25) is 19.7 Å². The van der Waals surface area contributed by atoms with Gasteiger partial charge in [0, 0.05) is 36.7 Å². The molecule has 180 valence electrons. The molecule has 0 aliphatic carbocycles. The van der Waals surface area contributed by atoms with Crippen molar-refractivity contribution in [3.05, 3.63) is 77.9 Å². The molecule has 4 aromatic rings. The van der Waals surface area contributed by atoms with Gasteiger partial charge in [-0.25, -0.2) is 9.67 Å². The van der Waals surface area contributed by atoms with E-state index < -0.39 is 11.9 Å². The lowest BCUT2D eigenvalue weighted by molar-refractivity contribution is -0.136. The van der Waals surface area contributed by atoms with Gasteiger partial charge in [0.15, 0.2) is 0 Å². The number of aryl methyl sites for hydroxylation is 1. The molecule has 9 heteroatoms. The van der Waals surface area contributed by atoms with E-state index in [1.807, 2.05) is 71.9 Å². The first-order valence-electron chi connectivity index (χ1n) is 11.8. The molecular weight excluding hydrogens is 456 g/mol. The fourth-order valence-electron chi connectivity index (χ4n) is 5.15. The maximum atomic E-state index is 13.1. The lowest BCUT2D eigenvalue weighted by atomic mass is 10.0. The minimum Gasteiger partial charge on any atom is -0.333 e. The Morgan fingerprint density at radius 3 is 2.61 bits per heavy atom. The second kappa shape index (κ2) is 8.30. The fourth-order valence-corrected chi connectivity index (χ4v) is 5.15. The summed E-state index contributed by atoms with van der Waals surface area (Å²) in [5.41, 5.74) is 6.97. The third kappa shape index (κ3) is 3.43. The highest BCUT2D eigenvalue weighted by atomic mass is 16.2. The van der Waals surface area contributed by atoms with E-state index in [2.05, 4.69) is 15.4 Å².